The highest BCUT2D eigenvalue weighted by atomic mass is 35.5. The standard InChI is InChI=1S/C17H18ClNO3/c1-19(11-12-4-6-14(18)7-5-12)17(20)13-8-15(21-2)10-16(9-13)22-3/h4-10H,11H2,1-3H3. The molecule has 2 aromatic rings. The van der Waals surface area contributed by atoms with Crippen molar-refractivity contribution in [1.29, 1.82) is 0 Å². The van der Waals surface area contributed by atoms with Crippen LogP contribution in [0, 0.1) is 0 Å². The normalized spacial score (nSPS) is 10.2. The third-order valence-electron chi connectivity index (χ3n) is 3.28. The van der Waals surface area contributed by atoms with Crippen LogP contribution in [0.4, 0.5) is 0 Å². The van der Waals surface area contributed by atoms with E-state index in [4.69, 9.17) is 21.1 Å². The van der Waals surface area contributed by atoms with E-state index in [0.29, 0.717) is 28.6 Å². The van der Waals surface area contributed by atoms with Crippen LogP contribution in [-0.4, -0.2) is 32.1 Å². The Morgan fingerprint density at radius 2 is 1.59 bits per heavy atom. The Bertz CT molecular complexity index is 633. The van der Waals surface area contributed by atoms with Gasteiger partial charge >= 0.3 is 0 Å². The number of methoxy groups -OCH3 is 2. The van der Waals surface area contributed by atoms with E-state index in [1.54, 1.807) is 44.4 Å². The van der Waals surface area contributed by atoms with Crippen LogP contribution in [0.15, 0.2) is 42.5 Å². The van der Waals surface area contributed by atoms with Crippen LogP contribution >= 0.6 is 11.6 Å². The number of rotatable bonds is 5. The molecule has 0 aliphatic carbocycles. The summed E-state index contributed by atoms with van der Waals surface area (Å²) in [6, 6.07) is 12.5. The Morgan fingerprint density at radius 1 is 1.05 bits per heavy atom. The molecule has 2 aromatic carbocycles. The number of carbonyl (C=O) groups is 1. The number of hydrogen-bond donors (Lipinski definition) is 0. The highest BCUT2D eigenvalue weighted by Crippen LogP contribution is 2.23. The van der Waals surface area contributed by atoms with Crippen LogP contribution in [0.5, 0.6) is 11.5 Å². The van der Waals surface area contributed by atoms with Crippen molar-refractivity contribution < 1.29 is 14.3 Å². The molecule has 0 atom stereocenters. The van der Waals surface area contributed by atoms with E-state index in [0.717, 1.165) is 5.56 Å². The summed E-state index contributed by atoms with van der Waals surface area (Å²) in [6.07, 6.45) is 0. The van der Waals surface area contributed by atoms with Crippen LogP contribution in [0.3, 0.4) is 0 Å². The van der Waals surface area contributed by atoms with Crippen molar-refractivity contribution in [2.24, 2.45) is 0 Å². The molecule has 116 valence electrons. The molecule has 4 nitrogen and oxygen atoms in total. The molecular formula is C17H18ClNO3. The SMILES string of the molecule is COc1cc(OC)cc(C(=O)N(C)Cc2ccc(Cl)cc2)c1. The zero-order valence-corrected chi connectivity index (χ0v) is 13.6. The van der Waals surface area contributed by atoms with Crippen LogP contribution in [-0.2, 0) is 6.54 Å². The zero-order valence-electron chi connectivity index (χ0n) is 12.8. The molecule has 0 saturated carbocycles. The molecular weight excluding hydrogens is 302 g/mol. The summed E-state index contributed by atoms with van der Waals surface area (Å²) in [5, 5.41) is 0.676. The Balaban J connectivity index is 2.17. The molecule has 0 radical (unpaired) electrons. The summed E-state index contributed by atoms with van der Waals surface area (Å²) in [6.45, 7) is 0.496. The average Bonchev–Trinajstić information content (AvgIpc) is 2.55. The lowest BCUT2D eigenvalue weighted by Crippen LogP contribution is -2.26. The molecule has 0 bridgehead atoms. The molecule has 0 aliphatic rings. The molecule has 0 aromatic heterocycles. The van der Waals surface area contributed by atoms with E-state index in [1.807, 2.05) is 24.3 Å². The first-order valence-corrected chi connectivity index (χ1v) is 7.14. The number of halogens is 1. The van der Waals surface area contributed by atoms with E-state index in [2.05, 4.69) is 0 Å². The quantitative estimate of drug-likeness (QED) is 0.844. The largest absolute Gasteiger partial charge is 0.497 e. The van der Waals surface area contributed by atoms with Gasteiger partial charge < -0.3 is 14.4 Å². The Morgan fingerprint density at radius 3 is 2.09 bits per heavy atom. The van der Waals surface area contributed by atoms with Gasteiger partial charge in [0, 0.05) is 30.2 Å². The third kappa shape index (κ3) is 3.92. The van der Waals surface area contributed by atoms with Gasteiger partial charge in [0.05, 0.1) is 14.2 Å². The van der Waals surface area contributed by atoms with Crippen molar-refractivity contribution in [1.82, 2.24) is 4.90 Å². The number of ether oxygens (including phenoxy) is 2. The molecule has 2 rings (SSSR count). The van der Waals surface area contributed by atoms with Crippen LogP contribution in [0.1, 0.15) is 15.9 Å². The summed E-state index contributed by atoms with van der Waals surface area (Å²) in [7, 11) is 4.86. The smallest absolute Gasteiger partial charge is 0.254 e. The summed E-state index contributed by atoms with van der Waals surface area (Å²) in [5.41, 5.74) is 1.53. The predicted octanol–water partition coefficient (Wildman–Crippen LogP) is 3.63. The van der Waals surface area contributed by atoms with Gasteiger partial charge in [-0.1, -0.05) is 23.7 Å². The monoisotopic (exact) mass is 319 g/mol. The average molecular weight is 320 g/mol. The van der Waals surface area contributed by atoms with E-state index in [-0.39, 0.29) is 5.91 Å². The van der Waals surface area contributed by atoms with Gasteiger partial charge in [-0.05, 0) is 29.8 Å². The van der Waals surface area contributed by atoms with Gasteiger partial charge in [0.1, 0.15) is 11.5 Å². The number of benzene rings is 2. The van der Waals surface area contributed by atoms with E-state index in [9.17, 15) is 4.79 Å². The van der Waals surface area contributed by atoms with E-state index < -0.39 is 0 Å². The lowest BCUT2D eigenvalue weighted by molar-refractivity contribution is 0.0784. The topological polar surface area (TPSA) is 38.8 Å². The molecule has 0 heterocycles. The third-order valence-corrected chi connectivity index (χ3v) is 3.53. The summed E-state index contributed by atoms with van der Waals surface area (Å²) in [5.74, 6) is 1.07. The van der Waals surface area contributed by atoms with Gasteiger partial charge in [-0.15, -0.1) is 0 Å². The predicted molar refractivity (Wildman–Crippen MR) is 86.8 cm³/mol. The fourth-order valence-corrected chi connectivity index (χ4v) is 2.21. The fraction of sp³-hybridized carbons (Fsp3) is 0.235. The fourth-order valence-electron chi connectivity index (χ4n) is 2.09. The van der Waals surface area contributed by atoms with Crippen LogP contribution in [0.25, 0.3) is 0 Å². The van der Waals surface area contributed by atoms with Crippen molar-refractivity contribution >= 4 is 17.5 Å². The molecule has 22 heavy (non-hydrogen) atoms. The minimum atomic E-state index is -0.104. The Kier molecular flexibility index (Phi) is 5.28. The molecule has 5 heteroatoms. The lowest BCUT2D eigenvalue weighted by atomic mass is 10.1. The van der Waals surface area contributed by atoms with Crippen molar-refractivity contribution in [2.75, 3.05) is 21.3 Å². The first kappa shape index (κ1) is 16.2. The maximum Gasteiger partial charge on any atom is 0.254 e. The minimum absolute atomic E-state index is 0.104. The Labute approximate surface area is 135 Å². The molecule has 0 spiro atoms. The maximum absolute atomic E-state index is 12.5. The summed E-state index contributed by atoms with van der Waals surface area (Å²) < 4.78 is 10.4. The van der Waals surface area contributed by atoms with Crippen molar-refractivity contribution in [3.63, 3.8) is 0 Å². The van der Waals surface area contributed by atoms with E-state index in [1.165, 1.54) is 0 Å². The number of nitrogens with zero attached hydrogens (tertiary/aromatic N) is 1. The second kappa shape index (κ2) is 7.18. The zero-order chi connectivity index (χ0) is 16.1. The van der Waals surface area contributed by atoms with Crippen LogP contribution in [0.2, 0.25) is 5.02 Å². The van der Waals surface area contributed by atoms with Gasteiger partial charge in [0.25, 0.3) is 5.91 Å². The first-order valence-electron chi connectivity index (χ1n) is 6.76. The number of amides is 1. The molecule has 0 N–H and O–H groups in total. The van der Waals surface area contributed by atoms with Crippen molar-refractivity contribution in [3.05, 3.63) is 58.6 Å². The Hall–Kier alpha value is -2.20. The second-order valence-corrected chi connectivity index (χ2v) is 5.33. The molecule has 1 amide bonds. The molecule has 0 aliphatic heterocycles. The molecule has 0 fully saturated rings. The summed E-state index contributed by atoms with van der Waals surface area (Å²) >= 11 is 5.87. The van der Waals surface area contributed by atoms with Gasteiger partial charge in [-0.2, -0.15) is 0 Å². The lowest BCUT2D eigenvalue weighted by Gasteiger charge is -2.18. The van der Waals surface area contributed by atoms with Gasteiger partial charge in [-0.25, -0.2) is 0 Å². The molecule has 0 unspecified atom stereocenters. The molecule has 0 saturated heterocycles. The van der Waals surface area contributed by atoms with Gasteiger partial charge in [0.15, 0.2) is 0 Å². The van der Waals surface area contributed by atoms with Gasteiger partial charge in [0.2, 0.25) is 0 Å². The number of carbonyl (C=O) groups excluding carboxylic acids is 1. The number of hydrogen-bond acceptors (Lipinski definition) is 3. The van der Waals surface area contributed by atoms with Gasteiger partial charge in [-0.3, -0.25) is 4.79 Å². The first-order chi connectivity index (χ1) is 10.5. The highest BCUT2D eigenvalue weighted by molar-refractivity contribution is 6.30. The minimum Gasteiger partial charge on any atom is -0.497 e. The second-order valence-electron chi connectivity index (χ2n) is 4.89. The van der Waals surface area contributed by atoms with E-state index >= 15 is 0 Å². The van der Waals surface area contributed by atoms with Crippen molar-refractivity contribution in [2.45, 2.75) is 6.54 Å². The van der Waals surface area contributed by atoms with Crippen molar-refractivity contribution in [3.8, 4) is 11.5 Å². The summed E-state index contributed by atoms with van der Waals surface area (Å²) in [4.78, 5) is 14.2. The highest BCUT2D eigenvalue weighted by Gasteiger charge is 2.14. The maximum atomic E-state index is 12.5. The van der Waals surface area contributed by atoms with Crippen LogP contribution < -0.4 is 9.47 Å².